The van der Waals surface area contributed by atoms with Gasteiger partial charge in [-0.15, -0.1) is 0 Å². The summed E-state index contributed by atoms with van der Waals surface area (Å²) in [5.41, 5.74) is 4.04. The number of aromatic hydroxyl groups is 1. The second-order valence-electron chi connectivity index (χ2n) is 8.82. The Morgan fingerprint density at radius 3 is 2.24 bits per heavy atom. The van der Waals surface area contributed by atoms with Crippen LogP contribution in [0.25, 0.3) is 0 Å². The Balaban J connectivity index is 1.36. The highest BCUT2D eigenvalue weighted by molar-refractivity contribution is 5.54. The second kappa shape index (κ2) is 10.2. The first-order valence-corrected chi connectivity index (χ1v) is 11.6. The zero-order valence-electron chi connectivity index (χ0n) is 17.7. The maximum atomic E-state index is 9.72. The van der Waals surface area contributed by atoms with Crippen LogP contribution >= 0.6 is 0 Å². The molecule has 1 heterocycles. The number of hydrogen-bond acceptors (Lipinski definition) is 3. The Bertz CT molecular complexity index is 759. The van der Waals surface area contributed by atoms with E-state index in [1.807, 2.05) is 12.1 Å². The quantitative estimate of drug-likeness (QED) is 0.737. The molecule has 156 valence electrons. The largest absolute Gasteiger partial charge is 0.508 e. The first kappa shape index (κ1) is 20.3. The molecule has 2 aliphatic rings. The second-order valence-corrected chi connectivity index (χ2v) is 8.82. The van der Waals surface area contributed by atoms with E-state index in [1.54, 1.807) is 6.07 Å². The van der Waals surface area contributed by atoms with Crippen LogP contribution in [-0.2, 0) is 12.8 Å². The van der Waals surface area contributed by atoms with Gasteiger partial charge in [-0.2, -0.15) is 0 Å². The van der Waals surface area contributed by atoms with Gasteiger partial charge in [0.15, 0.2) is 0 Å². The SMILES string of the molecule is Oc1cccc(CCc2ccccc2N2CCN(C3CCCCCCC3)CC2)c1. The zero-order valence-corrected chi connectivity index (χ0v) is 17.7. The summed E-state index contributed by atoms with van der Waals surface area (Å²) >= 11 is 0. The number of aryl methyl sites for hydroxylation is 2. The lowest BCUT2D eigenvalue weighted by Gasteiger charge is -2.41. The minimum Gasteiger partial charge on any atom is -0.508 e. The fourth-order valence-electron chi connectivity index (χ4n) is 5.15. The predicted octanol–water partition coefficient (Wildman–Crippen LogP) is 5.41. The fraction of sp³-hybridized carbons (Fsp3) is 0.538. The number of anilines is 1. The molecular weight excluding hydrogens is 356 g/mol. The van der Waals surface area contributed by atoms with Gasteiger partial charge in [-0.1, -0.05) is 62.4 Å². The molecule has 0 atom stereocenters. The van der Waals surface area contributed by atoms with Crippen LogP contribution in [-0.4, -0.2) is 42.2 Å². The molecule has 1 N–H and O–H groups in total. The topological polar surface area (TPSA) is 26.7 Å². The van der Waals surface area contributed by atoms with E-state index in [-0.39, 0.29) is 0 Å². The van der Waals surface area contributed by atoms with Crippen LogP contribution in [0.3, 0.4) is 0 Å². The molecule has 0 amide bonds. The number of hydrogen-bond donors (Lipinski definition) is 1. The van der Waals surface area contributed by atoms with Crippen LogP contribution in [0.4, 0.5) is 5.69 Å². The number of rotatable bonds is 5. The summed E-state index contributed by atoms with van der Waals surface area (Å²) in [6, 6.07) is 17.4. The van der Waals surface area contributed by atoms with Crippen LogP contribution in [0, 0.1) is 0 Å². The number of piperazine rings is 1. The van der Waals surface area contributed by atoms with E-state index in [9.17, 15) is 5.11 Å². The summed E-state index contributed by atoms with van der Waals surface area (Å²) in [5, 5.41) is 9.72. The van der Waals surface area contributed by atoms with E-state index in [2.05, 4.69) is 40.1 Å². The normalized spacial score (nSPS) is 19.7. The first-order chi connectivity index (χ1) is 14.3. The van der Waals surface area contributed by atoms with Gasteiger partial charge in [-0.25, -0.2) is 0 Å². The molecule has 29 heavy (non-hydrogen) atoms. The van der Waals surface area contributed by atoms with Crippen molar-refractivity contribution in [3.8, 4) is 5.75 Å². The molecule has 3 nitrogen and oxygen atoms in total. The minimum atomic E-state index is 0.362. The lowest BCUT2D eigenvalue weighted by atomic mass is 9.95. The van der Waals surface area contributed by atoms with E-state index < -0.39 is 0 Å². The number of benzene rings is 2. The van der Waals surface area contributed by atoms with Crippen molar-refractivity contribution in [1.29, 1.82) is 0 Å². The molecule has 0 radical (unpaired) electrons. The van der Waals surface area contributed by atoms with Crippen molar-refractivity contribution in [2.24, 2.45) is 0 Å². The molecule has 2 aromatic rings. The van der Waals surface area contributed by atoms with Crippen molar-refractivity contribution in [2.75, 3.05) is 31.1 Å². The average molecular weight is 393 g/mol. The van der Waals surface area contributed by atoms with Gasteiger partial charge in [-0.05, 0) is 55.0 Å². The van der Waals surface area contributed by atoms with E-state index in [1.165, 1.54) is 74.8 Å². The molecule has 0 unspecified atom stereocenters. The Morgan fingerprint density at radius 1 is 0.759 bits per heavy atom. The van der Waals surface area contributed by atoms with Crippen molar-refractivity contribution in [3.63, 3.8) is 0 Å². The van der Waals surface area contributed by atoms with Gasteiger partial charge in [0.2, 0.25) is 0 Å². The molecule has 0 aromatic heterocycles. The van der Waals surface area contributed by atoms with E-state index >= 15 is 0 Å². The maximum absolute atomic E-state index is 9.72. The van der Waals surface area contributed by atoms with Crippen LogP contribution in [0.1, 0.15) is 56.1 Å². The van der Waals surface area contributed by atoms with Crippen LogP contribution < -0.4 is 4.90 Å². The highest BCUT2D eigenvalue weighted by Gasteiger charge is 2.25. The third kappa shape index (κ3) is 5.54. The molecule has 1 aliphatic heterocycles. The summed E-state index contributed by atoms with van der Waals surface area (Å²) in [6.45, 7) is 4.68. The average Bonchev–Trinajstić information content (AvgIpc) is 2.73. The Morgan fingerprint density at radius 2 is 1.48 bits per heavy atom. The Kier molecular flexibility index (Phi) is 7.10. The monoisotopic (exact) mass is 392 g/mol. The van der Waals surface area contributed by atoms with Crippen LogP contribution in [0.2, 0.25) is 0 Å². The van der Waals surface area contributed by atoms with E-state index in [0.29, 0.717) is 5.75 Å². The van der Waals surface area contributed by atoms with Gasteiger partial charge < -0.3 is 10.0 Å². The first-order valence-electron chi connectivity index (χ1n) is 11.6. The minimum absolute atomic E-state index is 0.362. The molecule has 2 aromatic carbocycles. The van der Waals surface area contributed by atoms with E-state index in [4.69, 9.17) is 0 Å². The number of para-hydroxylation sites is 1. The Labute approximate surface area is 176 Å². The van der Waals surface area contributed by atoms with Gasteiger partial charge >= 0.3 is 0 Å². The fourth-order valence-corrected chi connectivity index (χ4v) is 5.15. The molecule has 1 aliphatic carbocycles. The molecule has 3 heteroatoms. The highest BCUT2D eigenvalue weighted by Crippen LogP contribution is 2.27. The predicted molar refractivity (Wildman–Crippen MR) is 122 cm³/mol. The smallest absolute Gasteiger partial charge is 0.115 e. The molecule has 1 saturated heterocycles. The van der Waals surface area contributed by atoms with Crippen LogP contribution in [0.15, 0.2) is 48.5 Å². The molecule has 2 fully saturated rings. The molecule has 4 rings (SSSR count). The van der Waals surface area contributed by atoms with Crippen LogP contribution in [0.5, 0.6) is 5.75 Å². The molecule has 0 spiro atoms. The lowest BCUT2D eigenvalue weighted by Crippen LogP contribution is -2.50. The van der Waals surface area contributed by atoms with Gasteiger partial charge in [0, 0.05) is 37.9 Å². The molecule has 1 saturated carbocycles. The zero-order chi connectivity index (χ0) is 19.9. The van der Waals surface area contributed by atoms with Gasteiger partial charge in [0.1, 0.15) is 5.75 Å². The third-order valence-corrected chi connectivity index (χ3v) is 6.83. The van der Waals surface area contributed by atoms with Crippen molar-refractivity contribution in [3.05, 3.63) is 59.7 Å². The summed E-state index contributed by atoms with van der Waals surface area (Å²) in [7, 11) is 0. The third-order valence-electron chi connectivity index (χ3n) is 6.83. The van der Waals surface area contributed by atoms with Crippen molar-refractivity contribution in [1.82, 2.24) is 4.90 Å². The van der Waals surface area contributed by atoms with Crippen molar-refractivity contribution >= 4 is 5.69 Å². The highest BCUT2D eigenvalue weighted by atomic mass is 16.3. The summed E-state index contributed by atoms with van der Waals surface area (Å²) < 4.78 is 0. The summed E-state index contributed by atoms with van der Waals surface area (Å²) in [4.78, 5) is 5.37. The van der Waals surface area contributed by atoms with Crippen molar-refractivity contribution in [2.45, 2.75) is 63.8 Å². The standard InChI is InChI=1S/C26H36N2O/c29-25-13-8-9-22(21-25)15-16-23-10-6-7-14-26(23)28-19-17-27(18-20-28)24-11-4-2-1-3-5-12-24/h6-10,13-14,21,24,29H,1-5,11-12,15-20H2. The summed E-state index contributed by atoms with van der Waals surface area (Å²) in [6.07, 6.45) is 11.9. The summed E-state index contributed by atoms with van der Waals surface area (Å²) in [5.74, 6) is 0.362. The number of nitrogens with zero attached hydrogens (tertiary/aromatic N) is 2. The number of phenols is 1. The van der Waals surface area contributed by atoms with Gasteiger partial charge in [-0.3, -0.25) is 4.90 Å². The maximum Gasteiger partial charge on any atom is 0.115 e. The van der Waals surface area contributed by atoms with Crippen molar-refractivity contribution < 1.29 is 5.11 Å². The van der Waals surface area contributed by atoms with Gasteiger partial charge in [0.25, 0.3) is 0 Å². The molecular formula is C26H36N2O. The van der Waals surface area contributed by atoms with E-state index in [0.717, 1.165) is 32.0 Å². The van der Waals surface area contributed by atoms with Gasteiger partial charge in [0.05, 0.1) is 0 Å². The molecule has 0 bridgehead atoms. The number of phenolic OH excluding ortho intramolecular Hbond substituents is 1. The Hall–Kier alpha value is -2.00. The lowest BCUT2D eigenvalue weighted by molar-refractivity contribution is 0.157.